The van der Waals surface area contributed by atoms with Crippen molar-refractivity contribution in [1.29, 1.82) is 0 Å². The molecule has 0 saturated carbocycles. The Balaban J connectivity index is 1.13. The zero-order chi connectivity index (χ0) is 35.6. The Labute approximate surface area is 308 Å². The molecule has 1 aliphatic heterocycles. The second-order valence-electron chi connectivity index (χ2n) is 12.9. The zero-order valence-corrected chi connectivity index (χ0v) is 30.7. The van der Waals surface area contributed by atoms with Crippen LogP contribution in [0.2, 0.25) is 0 Å². The van der Waals surface area contributed by atoms with E-state index in [1.54, 1.807) is 23.1 Å². The summed E-state index contributed by atoms with van der Waals surface area (Å²) in [5.41, 5.74) is 7.02. The van der Waals surface area contributed by atoms with E-state index in [1.807, 2.05) is 60.7 Å². The van der Waals surface area contributed by atoms with Crippen LogP contribution < -0.4 is 10.6 Å². The van der Waals surface area contributed by atoms with Gasteiger partial charge in [0.1, 0.15) is 0 Å². The molecule has 1 fully saturated rings. The van der Waals surface area contributed by atoms with Gasteiger partial charge in [-0.3, -0.25) is 9.59 Å². The number of aliphatic hydroxyl groups is 1. The van der Waals surface area contributed by atoms with E-state index in [-0.39, 0.29) is 36.5 Å². The molecule has 0 bridgehead atoms. The largest absolute Gasteiger partial charge is 0.392 e. The summed E-state index contributed by atoms with van der Waals surface area (Å²) in [5.74, 6) is 0.812. The van der Waals surface area contributed by atoms with Crippen molar-refractivity contribution in [1.82, 2.24) is 15.6 Å². The molecule has 0 aliphatic carbocycles. The van der Waals surface area contributed by atoms with Gasteiger partial charge >= 0.3 is 0 Å². The molecule has 0 radical (unpaired) electrons. The molecule has 266 valence electrons. The third kappa shape index (κ3) is 9.84. The lowest BCUT2D eigenvalue weighted by Crippen LogP contribution is -2.38. The number of unbranched alkanes of at least 4 members (excludes halogenated alkanes) is 2. The molecular weight excluding hydrogens is 679 g/mol. The van der Waals surface area contributed by atoms with Gasteiger partial charge < -0.3 is 25.2 Å². The summed E-state index contributed by atoms with van der Waals surface area (Å²) < 4.78 is 15.6. The standard InChI is InChI=1S/C41H45N3O5S2/c1-27-36(26-50-41-44-35-12-7-8-13-37(35)51-41)48-40(49-39(27)31-17-15-29(25-45)16-18-31)32-21-19-30(20-22-32)34-11-6-5-10-33(34)24-43-38(47)14-4-3-9-23-42-28(2)46/h5-8,10-13,15-22,27,36,39-40,45H,3-4,9,14,23-26H2,1-2H3,(H,42,46)(H,43,47)/t27-,36+,39+,40+/m1/s1. The minimum absolute atomic E-state index is 0.00149. The van der Waals surface area contributed by atoms with Crippen molar-refractivity contribution in [2.45, 2.75) is 75.5 Å². The van der Waals surface area contributed by atoms with Crippen LogP contribution in [0.5, 0.6) is 0 Å². The van der Waals surface area contributed by atoms with E-state index in [9.17, 15) is 14.7 Å². The van der Waals surface area contributed by atoms with E-state index >= 15 is 0 Å². The number of ether oxygens (including phenoxy) is 2. The second-order valence-corrected chi connectivity index (χ2v) is 15.2. The first-order chi connectivity index (χ1) is 24.9. The number of hydrogen-bond donors (Lipinski definition) is 3. The fourth-order valence-electron chi connectivity index (χ4n) is 6.29. The third-order valence-corrected chi connectivity index (χ3v) is 11.5. The van der Waals surface area contributed by atoms with Crippen molar-refractivity contribution in [3.63, 3.8) is 0 Å². The number of carbonyl (C=O) groups is 2. The zero-order valence-electron chi connectivity index (χ0n) is 29.0. The molecule has 2 amide bonds. The molecule has 0 spiro atoms. The van der Waals surface area contributed by atoms with Gasteiger partial charge in [0.2, 0.25) is 11.8 Å². The minimum atomic E-state index is -0.563. The van der Waals surface area contributed by atoms with Gasteiger partial charge in [0, 0.05) is 43.7 Å². The molecule has 3 N–H and O–H groups in total. The van der Waals surface area contributed by atoms with E-state index in [0.29, 0.717) is 19.5 Å². The Morgan fingerprint density at radius 1 is 0.863 bits per heavy atom. The summed E-state index contributed by atoms with van der Waals surface area (Å²) in [6.07, 6.45) is 2.15. The van der Waals surface area contributed by atoms with Crippen molar-refractivity contribution >= 4 is 45.1 Å². The number of aromatic nitrogens is 1. The maximum absolute atomic E-state index is 12.6. The highest BCUT2D eigenvalue weighted by atomic mass is 32.2. The molecule has 51 heavy (non-hydrogen) atoms. The molecular formula is C41H45N3O5S2. The Morgan fingerprint density at radius 3 is 2.37 bits per heavy atom. The Bertz CT molecular complexity index is 1860. The summed E-state index contributed by atoms with van der Waals surface area (Å²) in [5, 5.41) is 15.5. The number of hydrogen-bond acceptors (Lipinski definition) is 8. The number of thiazole rings is 1. The SMILES string of the molecule is CC(=O)NCCCCCC(=O)NCc1ccccc1-c1ccc([C@H]2O[C@@H](CSc3nc4ccccc4s3)[C@@H](C)[C@@H](c3ccc(CO)cc3)O2)cc1. The van der Waals surface area contributed by atoms with Crippen LogP contribution in [0.3, 0.4) is 0 Å². The Kier molecular flexibility index (Phi) is 12.9. The van der Waals surface area contributed by atoms with E-state index < -0.39 is 6.29 Å². The quantitative estimate of drug-likeness (QED) is 0.0736. The van der Waals surface area contributed by atoms with Gasteiger partial charge in [-0.1, -0.05) is 110 Å². The smallest absolute Gasteiger partial charge is 0.220 e. The number of para-hydroxylation sites is 1. The number of rotatable bonds is 15. The number of nitrogens with zero attached hydrogens (tertiary/aromatic N) is 1. The average Bonchev–Trinajstić information content (AvgIpc) is 3.58. The monoisotopic (exact) mass is 723 g/mol. The third-order valence-electron chi connectivity index (χ3n) is 9.21. The highest BCUT2D eigenvalue weighted by Crippen LogP contribution is 2.44. The summed E-state index contributed by atoms with van der Waals surface area (Å²) in [7, 11) is 0. The van der Waals surface area contributed by atoms with Crippen molar-refractivity contribution in [2.24, 2.45) is 5.92 Å². The Morgan fingerprint density at radius 2 is 1.61 bits per heavy atom. The van der Waals surface area contributed by atoms with Gasteiger partial charge in [-0.15, -0.1) is 11.3 Å². The maximum atomic E-state index is 12.6. The van der Waals surface area contributed by atoms with Crippen molar-refractivity contribution in [3.8, 4) is 11.1 Å². The molecule has 4 atom stereocenters. The fraction of sp³-hybridized carbons (Fsp3) is 0.341. The van der Waals surface area contributed by atoms with Crippen LogP contribution >= 0.6 is 23.1 Å². The number of nitrogens with one attached hydrogen (secondary N) is 2. The molecule has 0 unspecified atom stereocenters. The van der Waals surface area contributed by atoms with Crippen LogP contribution in [0.15, 0.2) is 101 Å². The number of carbonyl (C=O) groups excluding carboxylic acids is 2. The number of benzene rings is 4. The Hall–Kier alpha value is -4.06. The molecule has 2 heterocycles. The first-order valence-corrected chi connectivity index (χ1v) is 19.4. The van der Waals surface area contributed by atoms with Gasteiger partial charge in [-0.2, -0.15) is 0 Å². The van der Waals surface area contributed by atoms with Crippen molar-refractivity contribution < 1.29 is 24.2 Å². The van der Waals surface area contributed by atoms with Crippen LogP contribution in [-0.2, 0) is 32.2 Å². The number of amides is 2. The van der Waals surface area contributed by atoms with Gasteiger partial charge in [-0.05, 0) is 52.8 Å². The lowest BCUT2D eigenvalue weighted by atomic mass is 9.91. The molecule has 1 aliphatic rings. The van der Waals surface area contributed by atoms with Gasteiger partial charge in [0.15, 0.2) is 10.6 Å². The first kappa shape index (κ1) is 36.7. The first-order valence-electron chi connectivity index (χ1n) is 17.6. The van der Waals surface area contributed by atoms with Gasteiger partial charge in [-0.25, -0.2) is 4.98 Å². The number of fused-ring (bicyclic) bond motifs is 1. The summed E-state index contributed by atoms with van der Waals surface area (Å²) in [6, 6.07) is 32.6. The van der Waals surface area contributed by atoms with Crippen LogP contribution in [0, 0.1) is 5.92 Å². The molecule has 8 nitrogen and oxygen atoms in total. The van der Waals surface area contributed by atoms with Crippen molar-refractivity contribution in [3.05, 3.63) is 119 Å². The van der Waals surface area contributed by atoms with Crippen LogP contribution in [-0.4, -0.2) is 40.3 Å². The predicted molar refractivity (Wildman–Crippen MR) is 204 cm³/mol. The molecule has 1 saturated heterocycles. The van der Waals surface area contributed by atoms with E-state index in [4.69, 9.17) is 14.5 Å². The van der Waals surface area contributed by atoms with E-state index in [1.165, 1.54) is 11.6 Å². The second kappa shape index (κ2) is 17.9. The predicted octanol–water partition coefficient (Wildman–Crippen LogP) is 8.35. The summed E-state index contributed by atoms with van der Waals surface area (Å²) in [4.78, 5) is 28.4. The summed E-state index contributed by atoms with van der Waals surface area (Å²) in [6.45, 7) is 4.78. The highest BCUT2D eigenvalue weighted by molar-refractivity contribution is 8.01. The average molecular weight is 724 g/mol. The molecule has 6 rings (SSSR count). The number of aliphatic hydroxyl groups excluding tert-OH is 1. The molecule has 5 aromatic rings. The lowest BCUT2D eigenvalue weighted by Gasteiger charge is -2.41. The van der Waals surface area contributed by atoms with E-state index in [0.717, 1.165) is 68.3 Å². The fourth-order valence-corrected chi connectivity index (χ4v) is 8.54. The number of thioether (sulfide) groups is 1. The van der Waals surface area contributed by atoms with Crippen LogP contribution in [0.1, 0.15) is 74.2 Å². The van der Waals surface area contributed by atoms with Crippen molar-refractivity contribution in [2.75, 3.05) is 12.3 Å². The van der Waals surface area contributed by atoms with E-state index in [2.05, 4.69) is 54.0 Å². The molecule has 10 heteroatoms. The topological polar surface area (TPSA) is 110 Å². The normalized spacial score (nSPS) is 18.8. The molecule has 4 aromatic carbocycles. The highest BCUT2D eigenvalue weighted by Gasteiger charge is 2.38. The summed E-state index contributed by atoms with van der Waals surface area (Å²) >= 11 is 3.43. The van der Waals surface area contributed by atoms with Crippen LogP contribution in [0.4, 0.5) is 0 Å². The minimum Gasteiger partial charge on any atom is -0.392 e. The molecule has 1 aromatic heterocycles. The van der Waals surface area contributed by atoms with Gasteiger partial charge in [0.25, 0.3) is 0 Å². The van der Waals surface area contributed by atoms with Gasteiger partial charge in [0.05, 0.1) is 29.0 Å². The van der Waals surface area contributed by atoms with Crippen LogP contribution in [0.25, 0.3) is 21.3 Å². The maximum Gasteiger partial charge on any atom is 0.220 e. The lowest BCUT2D eigenvalue weighted by molar-refractivity contribution is -0.268.